The van der Waals surface area contributed by atoms with Crippen LogP contribution in [0.2, 0.25) is 0 Å². The molecule has 0 saturated heterocycles. The fourth-order valence-electron chi connectivity index (χ4n) is 1.42. The third-order valence-electron chi connectivity index (χ3n) is 2.23. The van der Waals surface area contributed by atoms with Crippen molar-refractivity contribution in [1.29, 1.82) is 5.26 Å². The molecule has 0 bridgehead atoms. The maximum Gasteiger partial charge on any atom is 0.275 e. The molecule has 0 radical (unpaired) electrons. The van der Waals surface area contributed by atoms with E-state index in [2.05, 4.69) is 15.3 Å². The molecule has 0 spiro atoms. The first kappa shape index (κ1) is 11.7. The monoisotopic (exact) mass is 238 g/mol. The number of carbonyl (C=O) groups is 1. The second-order valence-electron chi connectivity index (χ2n) is 3.64. The van der Waals surface area contributed by atoms with Gasteiger partial charge in [0.05, 0.1) is 0 Å². The van der Waals surface area contributed by atoms with Gasteiger partial charge in [-0.1, -0.05) is 12.1 Å². The molecule has 2 heterocycles. The van der Waals surface area contributed by atoms with Gasteiger partial charge in [-0.3, -0.25) is 4.79 Å². The zero-order chi connectivity index (χ0) is 13.0. The summed E-state index contributed by atoms with van der Waals surface area (Å²) < 4.78 is 0. The molecule has 88 valence electrons. The molecular weight excluding hydrogens is 228 g/mol. The molecule has 1 N–H and O–H groups in total. The Balaban J connectivity index is 2.19. The minimum absolute atomic E-state index is 0.255. The van der Waals surface area contributed by atoms with E-state index >= 15 is 0 Å². The lowest BCUT2D eigenvalue weighted by Gasteiger charge is -2.04. The maximum absolute atomic E-state index is 11.9. The van der Waals surface area contributed by atoms with E-state index in [0.717, 1.165) is 5.69 Å². The molecule has 0 aliphatic rings. The number of rotatable bonds is 2. The molecule has 0 saturated carbocycles. The van der Waals surface area contributed by atoms with Crippen molar-refractivity contribution >= 4 is 11.7 Å². The number of hydrogen-bond acceptors (Lipinski definition) is 4. The molecule has 2 aromatic rings. The Labute approximate surface area is 104 Å². The Morgan fingerprint density at radius 1 is 1.22 bits per heavy atom. The summed E-state index contributed by atoms with van der Waals surface area (Å²) in [5.74, 6) is -0.0105. The lowest BCUT2D eigenvalue weighted by atomic mass is 10.3. The van der Waals surface area contributed by atoms with Crippen molar-refractivity contribution in [2.75, 3.05) is 5.32 Å². The molecule has 0 atom stereocenters. The first-order valence-electron chi connectivity index (χ1n) is 5.31. The molecule has 0 fully saturated rings. The highest BCUT2D eigenvalue weighted by atomic mass is 16.1. The summed E-state index contributed by atoms with van der Waals surface area (Å²) >= 11 is 0. The van der Waals surface area contributed by atoms with E-state index in [9.17, 15) is 4.79 Å². The van der Waals surface area contributed by atoms with Crippen LogP contribution in [0.15, 0.2) is 36.4 Å². The van der Waals surface area contributed by atoms with Crippen molar-refractivity contribution in [1.82, 2.24) is 9.97 Å². The van der Waals surface area contributed by atoms with Crippen LogP contribution in [0.5, 0.6) is 0 Å². The summed E-state index contributed by atoms with van der Waals surface area (Å²) in [5, 5.41) is 11.3. The minimum atomic E-state index is -0.346. The number of nitrogens with one attached hydrogen (secondary N) is 1. The molecule has 5 nitrogen and oxygen atoms in total. The highest BCUT2D eigenvalue weighted by molar-refractivity contribution is 6.02. The molecule has 2 aromatic heterocycles. The summed E-state index contributed by atoms with van der Waals surface area (Å²) in [6, 6.07) is 12.0. The Morgan fingerprint density at radius 3 is 2.72 bits per heavy atom. The standard InChI is InChI=1S/C13H10N4O/c1-9-4-2-6-11(15-9)13(18)17-12-7-3-5-10(8-14)16-12/h2-7H,1H3,(H,16,17,18). The molecule has 0 aliphatic heterocycles. The number of pyridine rings is 2. The van der Waals surface area contributed by atoms with Crippen molar-refractivity contribution in [2.45, 2.75) is 6.92 Å². The van der Waals surface area contributed by atoms with Crippen LogP contribution < -0.4 is 5.32 Å². The predicted molar refractivity (Wildman–Crippen MR) is 65.9 cm³/mol. The van der Waals surface area contributed by atoms with Gasteiger partial charge in [-0.2, -0.15) is 5.26 Å². The first-order valence-corrected chi connectivity index (χ1v) is 5.31. The number of carbonyl (C=O) groups excluding carboxylic acids is 1. The third kappa shape index (κ3) is 2.68. The third-order valence-corrected chi connectivity index (χ3v) is 2.23. The molecule has 5 heteroatoms. The number of aryl methyl sites for hydroxylation is 1. The summed E-state index contributed by atoms with van der Waals surface area (Å²) in [6.45, 7) is 1.81. The number of hydrogen-bond donors (Lipinski definition) is 1. The summed E-state index contributed by atoms with van der Waals surface area (Å²) in [4.78, 5) is 19.9. The van der Waals surface area contributed by atoms with Crippen molar-refractivity contribution < 1.29 is 4.79 Å². The van der Waals surface area contributed by atoms with Crippen LogP contribution in [0, 0.1) is 18.3 Å². The summed E-state index contributed by atoms with van der Waals surface area (Å²) in [6.07, 6.45) is 0. The number of aromatic nitrogens is 2. The van der Waals surface area contributed by atoms with Gasteiger partial charge in [0.2, 0.25) is 0 Å². The Hall–Kier alpha value is -2.74. The lowest BCUT2D eigenvalue weighted by molar-refractivity contribution is 0.102. The Morgan fingerprint density at radius 2 is 2.00 bits per heavy atom. The fraction of sp³-hybridized carbons (Fsp3) is 0.0769. The van der Waals surface area contributed by atoms with Gasteiger partial charge in [-0.15, -0.1) is 0 Å². The fourth-order valence-corrected chi connectivity index (χ4v) is 1.42. The van der Waals surface area contributed by atoms with Gasteiger partial charge in [0, 0.05) is 5.69 Å². The first-order chi connectivity index (χ1) is 8.69. The minimum Gasteiger partial charge on any atom is -0.305 e. The normalized spacial score (nSPS) is 9.56. The van der Waals surface area contributed by atoms with Crippen LogP contribution in [0.4, 0.5) is 5.82 Å². The number of nitrogens with zero attached hydrogens (tertiary/aromatic N) is 3. The van der Waals surface area contributed by atoms with E-state index in [1.54, 1.807) is 30.3 Å². The molecule has 0 aromatic carbocycles. The SMILES string of the molecule is Cc1cccc(C(=O)Nc2cccc(C#N)n2)n1. The molecular formula is C13H10N4O. The second-order valence-corrected chi connectivity index (χ2v) is 3.64. The Bertz CT molecular complexity index is 631. The van der Waals surface area contributed by atoms with Crippen LogP contribution in [0.1, 0.15) is 21.9 Å². The van der Waals surface area contributed by atoms with Gasteiger partial charge in [0.15, 0.2) is 0 Å². The van der Waals surface area contributed by atoms with Gasteiger partial charge in [-0.05, 0) is 31.2 Å². The quantitative estimate of drug-likeness (QED) is 0.866. The smallest absolute Gasteiger partial charge is 0.275 e. The topological polar surface area (TPSA) is 78.7 Å². The average Bonchev–Trinajstić information content (AvgIpc) is 2.39. The highest BCUT2D eigenvalue weighted by Gasteiger charge is 2.08. The van der Waals surface area contributed by atoms with Gasteiger partial charge in [-0.25, -0.2) is 9.97 Å². The van der Waals surface area contributed by atoms with Crippen LogP contribution in [0.3, 0.4) is 0 Å². The zero-order valence-corrected chi connectivity index (χ0v) is 9.71. The van der Waals surface area contributed by atoms with Crippen molar-refractivity contribution in [3.05, 3.63) is 53.5 Å². The zero-order valence-electron chi connectivity index (χ0n) is 9.71. The van der Waals surface area contributed by atoms with Crippen LogP contribution in [-0.2, 0) is 0 Å². The number of amides is 1. The van der Waals surface area contributed by atoms with Gasteiger partial charge >= 0.3 is 0 Å². The van der Waals surface area contributed by atoms with Crippen LogP contribution >= 0.6 is 0 Å². The molecule has 0 unspecified atom stereocenters. The van der Waals surface area contributed by atoms with Gasteiger partial charge < -0.3 is 5.32 Å². The largest absolute Gasteiger partial charge is 0.305 e. The van der Waals surface area contributed by atoms with E-state index in [1.807, 2.05) is 19.1 Å². The van der Waals surface area contributed by atoms with E-state index < -0.39 is 0 Å². The predicted octanol–water partition coefficient (Wildman–Crippen LogP) is 1.91. The van der Waals surface area contributed by atoms with Crippen molar-refractivity contribution in [3.8, 4) is 6.07 Å². The van der Waals surface area contributed by atoms with E-state index in [1.165, 1.54) is 0 Å². The number of nitriles is 1. The Kier molecular flexibility index (Phi) is 3.30. The van der Waals surface area contributed by atoms with Crippen LogP contribution in [-0.4, -0.2) is 15.9 Å². The van der Waals surface area contributed by atoms with E-state index in [-0.39, 0.29) is 11.6 Å². The molecule has 1 amide bonds. The number of anilines is 1. The second kappa shape index (κ2) is 5.06. The van der Waals surface area contributed by atoms with E-state index in [0.29, 0.717) is 11.5 Å². The van der Waals surface area contributed by atoms with E-state index in [4.69, 9.17) is 5.26 Å². The molecule has 2 rings (SSSR count). The van der Waals surface area contributed by atoms with Crippen molar-refractivity contribution in [3.63, 3.8) is 0 Å². The lowest BCUT2D eigenvalue weighted by Crippen LogP contribution is -2.15. The highest BCUT2D eigenvalue weighted by Crippen LogP contribution is 2.06. The van der Waals surface area contributed by atoms with Gasteiger partial charge in [0.25, 0.3) is 5.91 Å². The molecule has 18 heavy (non-hydrogen) atoms. The summed E-state index contributed by atoms with van der Waals surface area (Å²) in [7, 11) is 0. The van der Waals surface area contributed by atoms with Gasteiger partial charge in [0.1, 0.15) is 23.3 Å². The average molecular weight is 238 g/mol. The van der Waals surface area contributed by atoms with Crippen molar-refractivity contribution in [2.24, 2.45) is 0 Å². The molecule has 0 aliphatic carbocycles. The maximum atomic E-state index is 11.9. The summed E-state index contributed by atoms with van der Waals surface area (Å²) in [5.41, 5.74) is 1.34. The van der Waals surface area contributed by atoms with Crippen LogP contribution in [0.25, 0.3) is 0 Å².